The number of fused-ring (bicyclic) bond motifs is 1. The van der Waals surface area contributed by atoms with Gasteiger partial charge in [-0.2, -0.15) is 5.26 Å². The summed E-state index contributed by atoms with van der Waals surface area (Å²) in [6, 6.07) is 16.0. The first-order valence-corrected chi connectivity index (χ1v) is 12.4. The van der Waals surface area contributed by atoms with E-state index >= 15 is 0 Å². The summed E-state index contributed by atoms with van der Waals surface area (Å²) in [6.07, 6.45) is 1.62. The first kappa shape index (κ1) is 25.0. The van der Waals surface area contributed by atoms with Gasteiger partial charge in [-0.3, -0.25) is 4.79 Å². The highest BCUT2D eigenvalue weighted by Crippen LogP contribution is 2.36. The van der Waals surface area contributed by atoms with Gasteiger partial charge in [0.1, 0.15) is 16.6 Å². The summed E-state index contributed by atoms with van der Waals surface area (Å²) in [6.45, 7) is 9.71. The Balaban J connectivity index is 1.82. The normalized spacial score (nSPS) is 11.4. The van der Waals surface area contributed by atoms with E-state index in [2.05, 4.69) is 28.5 Å². The van der Waals surface area contributed by atoms with Gasteiger partial charge < -0.3 is 15.0 Å². The molecule has 2 aromatic heterocycles. The quantitative estimate of drug-likeness (QED) is 0.173. The Morgan fingerprint density at radius 3 is 2.53 bits per heavy atom. The number of benzene rings is 2. The smallest absolute Gasteiger partial charge is 0.341 e. The molecule has 0 saturated carbocycles. The van der Waals surface area contributed by atoms with Crippen LogP contribution in [-0.4, -0.2) is 23.5 Å². The van der Waals surface area contributed by atoms with Crippen LogP contribution in [-0.2, 0) is 9.53 Å². The fourth-order valence-corrected chi connectivity index (χ4v) is 5.33. The minimum absolute atomic E-state index is 0.0641. The lowest BCUT2D eigenvalue weighted by atomic mass is 10.0. The van der Waals surface area contributed by atoms with Gasteiger partial charge in [-0.25, -0.2) is 4.79 Å². The van der Waals surface area contributed by atoms with Crippen molar-refractivity contribution in [2.75, 3.05) is 11.9 Å². The average Bonchev–Trinajstić information content (AvgIpc) is 3.34. The molecular formula is C29H27N3O3S. The maximum atomic E-state index is 13.3. The van der Waals surface area contributed by atoms with E-state index in [0.717, 1.165) is 49.3 Å². The number of anilines is 1. The van der Waals surface area contributed by atoms with Gasteiger partial charge in [0.25, 0.3) is 5.91 Å². The van der Waals surface area contributed by atoms with Crippen LogP contribution in [0.3, 0.4) is 0 Å². The van der Waals surface area contributed by atoms with Crippen molar-refractivity contribution in [2.24, 2.45) is 0 Å². The van der Waals surface area contributed by atoms with Crippen molar-refractivity contribution in [3.05, 3.63) is 80.7 Å². The molecule has 4 aromatic rings. The van der Waals surface area contributed by atoms with Gasteiger partial charge in [0.05, 0.1) is 17.9 Å². The molecule has 2 heterocycles. The van der Waals surface area contributed by atoms with E-state index in [4.69, 9.17) is 4.74 Å². The number of rotatable bonds is 6. The predicted molar refractivity (Wildman–Crippen MR) is 145 cm³/mol. The average molecular weight is 498 g/mol. The van der Waals surface area contributed by atoms with Crippen LogP contribution in [0.15, 0.2) is 48.0 Å². The van der Waals surface area contributed by atoms with E-state index in [9.17, 15) is 14.9 Å². The molecule has 2 aromatic carbocycles. The van der Waals surface area contributed by atoms with Gasteiger partial charge in [0.15, 0.2) is 0 Å². The minimum atomic E-state index is -0.581. The second kappa shape index (κ2) is 10.2. The summed E-state index contributed by atoms with van der Waals surface area (Å²) in [5, 5.41) is 14.1. The molecule has 0 aliphatic carbocycles. The van der Waals surface area contributed by atoms with Crippen LogP contribution in [0.25, 0.3) is 28.2 Å². The van der Waals surface area contributed by atoms with E-state index in [0.29, 0.717) is 10.6 Å². The number of amides is 1. The van der Waals surface area contributed by atoms with Crippen molar-refractivity contribution < 1.29 is 14.3 Å². The first-order chi connectivity index (χ1) is 17.2. The summed E-state index contributed by atoms with van der Waals surface area (Å²) >= 11 is 1.29. The van der Waals surface area contributed by atoms with Crippen LogP contribution in [0.1, 0.15) is 44.4 Å². The third-order valence-electron chi connectivity index (χ3n) is 6.10. The zero-order valence-electron chi connectivity index (χ0n) is 20.9. The largest absolute Gasteiger partial charge is 0.462 e. The van der Waals surface area contributed by atoms with Crippen molar-refractivity contribution in [1.29, 1.82) is 5.26 Å². The van der Waals surface area contributed by atoms with Gasteiger partial charge in [0, 0.05) is 21.3 Å². The van der Waals surface area contributed by atoms with Crippen LogP contribution >= 0.6 is 11.3 Å². The lowest BCUT2D eigenvalue weighted by molar-refractivity contribution is -0.112. The molecule has 0 radical (unpaired) electrons. The molecule has 0 saturated heterocycles. The number of aromatic nitrogens is 1. The van der Waals surface area contributed by atoms with Crippen molar-refractivity contribution >= 4 is 45.2 Å². The van der Waals surface area contributed by atoms with E-state index in [1.54, 1.807) is 13.0 Å². The third-order valence-corrected chi connectivity index (χ3v) is 7.22. The maximum Gasteiger partial charge on any atom is 0.341 e. The Bertz CT molecular complexity index is 1550. The monoisotopic (exact) mass is 497 g/mol. The highest BCUT2D eigenvalue weighted by atomic mass is 32.1. The molecule has 0 fully saturated rings. The number of aryl methyl sites for hydroxylation is 3. The van der Waals surface area contributed by atoms with Crippen molar-refractivity contribution in [3.8, 4) is 17.3 Å². The molecule has 0 atom stereocenters. The number of carbonyl (C=O) groups excluding carboxylic acids is 2. The molecule has 7 heteroatoms. The number of hydrogen-bond donors (Lipinski definition) is 2. The number of esters is 1. The zero-order valence-corrected chi connectivity index (χ0v) is 21.7. The lowest BCUT2D eigenvalue weighted by Crippen LogP contribution is -2.16. The second-order valence-electron chi connectivity index (χ2n) is 8.62. The molecule has 0 bridgehead atoms. The van der Waals surface area contributed by atoms with Gasteiger partial charge in [-0.1, -0.05) is 42.0 Å². The van der Waals surface area contributed by atoms with Crippen LogP contribution in [0.5, 0.6) is 0 Å². The van der Waals surface area contributed by atoms with E-state index in [1.807, 2.05) is 58.0 Å². The molecule has 1 amide bonds. The zero-order chi connectivity index (χ0) is 26.0. The molecule has 36 heavy (non-hydrogen) atoms. The summed E-state index contributed by atoms with van der Waals surface area (Å²) in [5.74, 6) is -1.08. The number of hydrogen-bond acceptors (Lipinski definition) is 5. The Labute approximate surface area is 214 Å². The van der Waals surface area contributed by atoms with E-state index < -0.39 is 11.9 Å². The predicted octanol–water partition coefficient (Wildman–Crippen LogP) is 6.85. The number of aromatic amines is 1. The third kappa shape index (κ3) is 4.68. The summed E-state index contributed by atoms with van der Waals surface area (Å²) in [5.41, 5.74) is 6.67. The fourth-order valence-electron chi connectivity index (χ4n) is 4.28. The molecule has 0 unspecified atom stereocenters. The van der Waals surface area contributed by atoms with Gasteiger partial charge in [0.2, 0.25) is 0 Å². The Hall–Kier alpha value is -4.15. The Kier molecular flexibility index (Phi) is 7.09. The summed E-state index contributed by atoms with van der Waals surface area (Å²) in [7, 11) is 0. The number of H-pyrrole nitrogens is 1. The first-order valence-electron chi connectivity index (χ1n) is 11.6. The van der Waals surface area contributed by atoms with Crippen LogP contribution < -0.4 is 5.32 Å². The molecular weight excluding hydrogens is 470 g/mol. The number of thiophene rings is 1. The molecule has 6 nitrogen and oxygen atoms in total. The molecule has 0 aliphatic heterocycles. The van der Waals surface area contributed by atoms with E-state index in [-0.39, 0.29) is 12.2 Å². The highest BCUT2D eigenvalue weighted by molar-refractivity contribution is 7.16. The number of nitrogens with one attached hydrogen (secondary N) is 2. The molecule has 0 aliphatic rings. The summed E-state index contributed by atoms with van der Waals surface area (Å²) < 4.78 is 5.18. The summed E-state index contributed by atoms with van der Waals surface area (Å²) in [4.78, 5) is 30.2. The SMILES string of the molecule is CCOC(=O)c1c(NC(=O)/C(C#N)=C/c2c(-c3ccccc3)[nH]c3c(C)cc(C)cc23)sc(C)c1C. The van der Waals surface area contributed by atoms with E-state index in [1.165, 1.54) is 11.3 Å². The topological polar surface area (TPSA) is 95.0 Å². The maximum absolute atomic E-state index is 13.3. The Morgan fingerprint density at radius 2 is 1.86 bits per heavy atom. The van der Waals surface area contributed by atoms with Crippen LogP contribution in [0.2, 0.25) is 0 Å². The molecule has 182 valence electrons. The van der Waals surface area contributed by atoms with Gasteiger partial charge in [-0.15, -0.1) is 11.3 Å². The Morgan fingerprint density at radius 1 is 1.14 bits per heavy atom. The lowest BCUT2D eigenvalue weighted by Gasteiger charge is -2.07. The molecule has 0 spiro atoms. The number of nitriles is 1. The van der Waals surface area contributed by atoms with Crippen molar-refractivity contribution in [3.63, 3.8) is 0 Å². The van der Waals surface area contributed by atoms with Crippen LogP contribution in [0, 0.1) is 39.0 Å². The van der Waals surface area contributed by atoms with Crippen LogP contribution in [0.4, 0.5) is 5.00 Å². The second-order valence-corrected chi connectivity index (χ2v) is 9.84. The van der Waals surface area contributed by atoms with Crippen molar-refractivity contribution in [1.82, 2.24) is 4.98 Å². The minimum Gasteiger partial charge on any atom is -0.462 e. The van der Waals surface area contributed by atoms with Gasteiger partial charge in [-0.05, 0) is 63.5 Å². The highest BCUT2D eigenvalue weighted by Gasteiger charge is 2.24. The number of ether oxygens (including phenoxy) is 1. The number of carbonyl (C=O) groups is 2. The molecule has 4 rings (SSSR count). The molecule has 2 N–H and O–H groups in total. The standard InChI is InChI=1S/C29H27N3O3S/c1-6-35-29(34)24-18(4)19(5)36-28(24)32-27(33)21(15-30)14-23-22-13-16(2)12-17(3)25(22)31-26(23)20-10-8-7-9-11-20/h7-14,31H,6H2,1-5H3,(H,32,33)/b21-14+. The fraction of sp³-hybridized carbons (Fsp3) is 0.207. The van der Waals surface area contributed by atoms with Gasteiger partial charge >= 0.3 is 5.97 Å². The number of nitrogens with zero attached hydrogens (tertiary/aromatic N) is 1. The van der Waals surface area contributed by atoms with Crippen molar-refractivity contribution in [2.45, 2.75) is 34.6 Å².